The Bertz CT molecular complexity index is 684. The molecule has 0 fully saturated rings. The number of hydrogen-bond donors (Lipinski definition) is 0. The molecule has 0 saturated carbocycles. The fourth-order valence-electron chi connectivity index (χ4n) is 1.71. The average molecular weight is 275 g/mol. The molecule has 3 nitrogen and oxygen atoms in total. The number of nitrogens with zero attached hydrogens (tertiary/aromatic N) is 1. The highest BCUT2D eigenvalue weighted by Crippen LogP contribution is 2.23. The summed E-state index contributed by atoms with van der Waals surface area (Å²) in [5, 5.41) is 0. The molecule has 4 heteroatoms. The van der Waals surface area contributed by atoms with Crippen molar-refractivity contribution < 1.29 is 8.95 Å². The fraction of sp³-hybridized carbons (Fsp3) is 0.200. The van der Waals surface area contributed by atoms with Crippen LogP contribution in [0.2, 0.25) is 0 Å². The maximum atomic E-state index is 12.7. The molecule has 0 bridgehead atoms. The van der Waals surface area contributed by atoms with Gasteiger partial charge in [-0.15, -0.1) is 0 Å². The Labute approximate surface area is 114 Å². The van der Waals surface area contributed by atoms with Crippen LogP contribution in [0.15, 0.2) is 57.8 Å². The van der Waals surface area contributed by atoms with Gasteiger partial charge >= 0.3 is 0 Å². The summed E-state index contributed by atoms with van der Waals surface area (Å²) in [7, 11) is -0.836. The van der Waals surface area contributed by atoms with E-state index in [1.807, 2.05) is 49.4 Å². The lowest BCUT2D eigenvalue weighted by Crippen LogP contribution is -1.96. The normalized spacial score (nSPS) is 13.6. The van der Waals surface area contributed by atoms with Crippen molar-refractivity contribution in [2.24, 2.45) is 4.36 Å². The molecule has 2 aromatic carbocycles. The predicted octanol–water partition coefficient (Wildman–Crippen LogP) is 3.79. The van der Waals surface area contributed by atoms with E-state index in [-0.39, 0.29) is 0 Å². The van der Waals surface area contributed by atoms with E-state index >= 15 is 0 Å². The van der Waals surface area contributed by atoms with Gasteiger partial charge < -0.3 is 4.74 Å². The van der Waals surface area contributed by atoms with Crippen LogP contribution in [0.25, 0.3) is 0 Å². The van der Waals surface area contributed by atoms with Crippen LogP contribution in [0.1, 0.15) is 5.56 Å². The molecule has 0 N–H and O–H groups in total. The molecule has 0 spiro atoms. The van der Waals surface area contributed by atoms with Crippen molar-refractivity contribution >= 4 is 15.4 Å². The van der Waals surface area contributed by atoms with Gasteiger partial charge in [0.05, 0.1) is 22.5 Å². The molecule has 0 radical (unpaired) electrons. The van der Waals surface area contributed by atoms with E-state index in [1.54, 1.807) is 19.4 Å². The molecule has 1 unspecified atom stereocenters. The monoisotopic (exact) mass is 275 g/mol. The lowest BCUT2D eigenvalue weighted by Gasteiger charge is -2.06. The molecule has 0 aliphatic carbocycles. The van der Waals surface area contributed by atoms with Crippen molar-refractivity contribution in [2.45, 2.75) is 11.8 Å². The second kappa shape index (κ2) is 5.45. The van der Waals surface area contributed by atoms with Crippen LogP contribution < -0.4 is 4.74 Å². The van der Waals surface area contributed by atoms with Crippen molar-refractivity contribution in [1.82, 2.24) is 0 Å². The summed E-state index contributed by atoms with van der Waals surface area (Å²) in [6, 6.07) is 14.9. The molecule has 0 aromatic heterocycles. The number of ether oxygens (including phenoxy) is 1. The quantitative estimate of drug-likeness (QED) is 0.854. The second-order valence-corrected chi connectivity index (χ2v) is 6.67. The minimum Gasteiger partial charge on any atom is -0.497 e. The third kappa shape index (κ3) is 3.35. The topological polar surface area (TPSA) is 38.7 Å². The van der Waals surface area contributed by atoms with Gasteiger partial charge in [-0.25, -0.2) is 4.21 Å². The Balaban J connectivity index is 2.45. The molecule has 2 aromatic rings. The van der Waals surface area contributed by atoms with Gasteiger partial charge in [0.1, 0.15) is 5.75 Å². The van der Waals surface area contributed by atoms with E-state index in [2.05, 4.69) is 4.36 Å². The number of hydrogen-bond acceptors (Lipinski definition) is 3. The Hall–Kier alpha value is -1.81. The van der Waals surface area contributed by atoms with E-state index in [9.17, 15) is 4.21 Å². The lowest BCUT2D eigenvalue weighted by atomic mass is 10.2. The Morgan fingerprint density at radius 3 is 2.42 bits per heavy atom. The highest BCUT2D eigenvalue weighted by Gasteiger charge is 2.06. The molecule has 19 heavy (non-hydrogen) atoms. The van der Waals surface area contributed by atoms with Crippen LogP contribution in [-0.2, 0) is 9.73 Å². The highest BCUT2D eigenvalue weighted by molar-refractivity contribution is 7.93. The van der Waals surface area contributed by atoms with Crippen molar-refractivity contribution in [2.75, 3.05) is 13.4 Å². The molecule has 100 valence electrons. The molecule has 0 saturated heterocycles. The number of methoxy groups -OCH3 is 1. The maximum Gasteiger partial charge on any atom is 0.121 e. The van der Waals surface area contributed by atoms with Crippen molar-refractivity contribution in [3.05, 3.63) is 54.1 Å². The van der Waals surface area contributed by atoms with Crippen molar-refractivity contribution in [3.63, 3.8) is 0 Å². The number of rotatable bonds is 3. The lowest BCUT2D eigenvalue weighted by molar-refractivity contribution is 0.415. The third-order valence-corrected chi connectivity index (χ3v) is 4.50. The smallest absolute Gasteiger partial charge is 0.121 e. The minimum atomic E-state index is -2.44. The maximum absolute atomic E-state index is 12.7. The van der Waals surface area contributed by atoms with Crippen LogP contribution in [0.5, 0.6) is 5.75 Å². The van der Waals surface area contributed by atoms with Gasteiger partial charge in [-0.1, -0.05) is 23.8 Å². The molecule has 0 amide bonds. The number of aryl methyl sites for hydroxylation is 1. The summed E-state index contributed by atoms with van der Waals surface area (Å²) in [4.78, 5) is 0.737. The van der Waals surface area contributed by atoms with E-state index in [0.717, 1.165) is 10.5 Å². The van der Waals surface area contributed by atoms with Gasteiger partial charge in [-0.2, -0.15) is 4.36 Å². The summed E-state index contributed by atoms with van der Waals surface area (Å²) < 4.78 is 22.1. The van der Waals surface area contributed by atoms with E-state index in [0.29, 0.717) is 11.4 Å². The van der Waals surface area contributed by atoms with Gasteiger partial charge in [0.25, 0.3) is 0 Å². The molecule has 0 heterocycles. The third-order valence-electron chi connectivity index (χ3n) is 2.79. The minimum absolute atomic E-state index is 0.660. The Morgan fingerprint density at radius 2 is 1.79 bits per heavy atom. The van der Waals surface area contributed by atoms with Gasteiger partial charge in [-0.05, 0) is 31.2 Å². The largest absolute Gasteiger partial charge is 0.497 e. The SMILES string of the molecule is COc1cccc(N=S(C)(=O)c2ccc(C)cc2)c1. The predicted molar refractivity (Wildman–Crippen MR) is 78.6 cm³/mol. The molecule has 0 aliphatic heterocycles. The Kier molecular flexibility index (Phi) is 3.90. The Morgan fingerprint density at radius 1 is 1.11 bits per heavy atom. The van der Waals surface area contributed by atoms with Crippen LogP contribution in [0, 0.1) is 6.92 Å². The van der Waals surface area contributed by atoms with Crippen molar-refractivity contribution in [3.8, 4) is 5.75 Å². The van der Waals surface area contributed by atoms with Crippen LogP contribution in [0.4, 0.5) is 5.69 Å². The van der Waals surface area contributed by atoms with Crippen LogP contribution >= 0.6 is 0 Å². The zero-order valence-corrected chi connectivity index (χ0v) is 12.1. The van der Waals surface area contributed by atoms with Gasteiger partial charge in [0, 0.05) is 17.2 Å². The van der Waals surface area contributed by atoms with Gasteiger partial charge in [-0.3, -0.25) is 0 Å². The van der Waals surface area contributed by atoms with Crippen molar-refractivity contribution in [1.29, 1.82) is 0 Å². The molecular weight excluding hydrogens is 258 g/mol. The second-order valence-electron chi connectivity index (χ2n) is 4.41. The first-order valence-electron chi connectivity index (χ1n) is 5.94. The molecule has 1 atom stereocenters. The number of benzene rings is 2. The summed E-state index contributed by atoms with van der Waals surface area (Å²) in [6.07, 6.45) is 1.65. The summed E-state index contributed by atoms with van der Waals surface area (Å²) in [5.41, 5.74) is 1.80. The molecule has 0 aliphatic rings. The highest BCUT2D eigenvalue weighted by atomic mass is 32.2. The molecular formula is C15H17NO2S. The zero-order valence-electron chi connectivity index (χ0n) is 11.3. The van der Waals surface area contributed by atoms with Gasteiger partial charge in [0.2, 0.25) is 0 Å². The first-order valence-corrected chi connectivity index (χ1v) is 7.86. The summed E-state index contributed by atoms with van der Waals surface area (Å²) >= 11 is 0. The first kappa shape index (κ1) is 13.6. The van der Waals surface area contributed by atoms with Crippen LogP contribution in [0.3, 0.4) is 0 Å². The van der Waals surface area contributed by atoms with Crippen LogP contribution in [-0.4, -0.2) is 17.6 Å². The van der Waals surface area contributed by atoms with Gasteiger partial charge in [0.15, 0.2) is 0 Å². The summed E-state index contributed by atoms with van der Waals surface area (Å²) in [5.74, 6) is 0.709. The standard InChI is InChI=1S/C15H17NO2S/c1-12-7-9-15(10-8-12)19(3,17)16-13-5-4-6-14(11-13)18-2/h4-11H,1-3H3. The summed E-state index contributed by atoms with van der Waals surface area (Å²) in [6.45, 7) is 2.00. The fourth-order valence-corrected chi connectivity index (χ4v) is 2.97. The van der Waals surface area contributed by atoms with E-state index in [4.69, 9.17) is 4.74 Å². The molecule has 2 rings (SSSR count). The zero-order chi connectivity index (χ0) is 13.9. The van der Waals surface area contributed by atoms with E-state index in [1.165, 1.54) is 0 Å². The first-order chi connectivity index (χ1) is 9.01. The van der Waals surface area contributed by atoms with E-state index < -0.39 is 9.73 Å². The average Bonchev–Trinajstić information content (AvgIpc) is 2.39.